The van der Waals surface area contributed by atoms with Crippen LogP contribution in [0.25, 0.3) is 33.3 Å². The zero-order chi connectivity index (χ0) is 27.2. The lowest BCUT2D eigenvalue weighted by molar-refractivity contribution is 0.0827. The van der Waals surface area contributed by atoms with Gasteiger partial charge in [-0.05, 0) is 66.9 Å². The van der Waals surface area contributed by atoms with E-state index in [2.05, 4.69) is 27.0 Å². The maximum Gasteiger partial charge on any atom is 0.269 e. The zero-order valence-electron chi connectivity index (χ0n) is 21.4. The van der Waals surface area contributed by atoms with Gasteiger partial charge in [0.05, 0.1) is 4.90 Å². The molecule has 0 aliphatic heterocycles. The number of hydrogen-bond acceptors (Lipinski definition) is 4. The summed E-state index contributed by atoms with van der Waals surface area (Å²) in [6.07, 6.45) is 3.32. The van der Waals surface area contributed by atoms with Crippen LogP contribution in [-0.2, 0) is 10.0 Å². The summed E-state index contributed by atoms with van der Waals surface area (Å²) in [6.45, 7) is 3.93. The highest BCUT2D eigenvalue weighted by molar-refractivity contribution is 9.10. The number of amides is 1. The van der Waals surface area contributed by atoms with Crippen molar-refractivity contribution in [3.63, 3.8) is 0 Å². The van der Waals surface area contributed by atoms with Gasteiger partial charge >= 0.3 is 0 Å². The molecule has 0 N–H and O–H groups in total. The molecule has 0 atom stereocenters. The maximum atomic E-state index is 13.7. The molecule has 2 heterocycles. The number of aryl methyl sites for hydroxylation is 2. The highest BCUT2D eigenvalue weighted by Gasteiger charge is 2.23. The summed E-state index contributed by atoms with van der Waals surface area (Å²) in [4.78, 5) is 18.8. The van der Waals surface area contributed by atoms with Gasteiger partial charge in [0.15, 0.2) is 5.65 Å². The molecule has 6 nitrogen and oxygen atoms in total. The Labute approximate surface area is 230 Å². The van der Waals surface area contributed by atoms with Gasteiger partial charge < -0.3 is 4.90 Å². The second-order valence-corrected chi connectivity index (χ2v) is 12.2. The van der Waals surface area contributed by atoms with Crippen LogP contribution >= 0.6 is 15.9 Å². The molecule has 1 amide bonds. The summed E-state index contributed by atoms with van der Waals surface area (Å²) in [5.74, 6) is -0.101. The van der Waals surface area contributed by atoms with Crippen LogP contribution in [-0.4, -0.2) is 42.3 Å². The van der Waals surface area contributed by atoms with Crippen molar-refractivity contribution in [1.82, 2.24) is 13.9 Å². The van der Waals surface area contributed by atoms with Gasteiger partial charge in [-0.15, -0.1) is 0 Å². The van der Waals surface area contributed by atoms with Crippen molar-refractivity contribution in [1.29, 1.82) is 0 Å². The van der Waals surface area contributed by atoms with Crippen LogP contribution in [0.5, 0.6) is 0 Å². The topological polar surface area (TPSA) is 72.3 Å². The molecule has 0 bridgehead atoms. The molecule has 3 aromatic carbocycles. The second-order valence-electron chi connectivity index (χ2n) is 9.49. The average molecular weight is 589 g/mol. The molecule has 38 heavy (non-hydrogen) atoms. The van der Waals surface area contributed by atoms with Crippen LogP contribution in [0.4, 0.5) is 0 Å². The summed E-state index contributed by atoms with van der Waals surface area (Å²) in [6, 6.07) is 22.0. The molecule has 0 aliphatic rings. The van der Waals surface area contributed by atoms with Crippen molar-refractivity contribution < 1.29 is 13.2 Å². The molecule has 8 heteroatoms. The number of hydrogen-bond donors (Lipinski definition) is 0. The lowest BCUT2D eigenvalue weighted by atomic mass is 10.0. The first-order chi connectivity index (χ1) is 18.1. The Morgan fingerprint density at radius 1 is 0.868 bits per heavy atom. The molecule has 192 valence electrons. The highest BCUT2D eigenvalue weighted by atomic mass is 79.9. The number of nitrogens with zero attached hydrogens (tertiary/aromatic N) is 3. The number of fused-ring (bicyclic) bond motifs is 1. The first kappa shape index (κ1) is 25.9. The van der Waals surface area contributed by atoms with Crippen LogP contribution in [0.2, 0.25) is 0 Å². The summed E-state index contributed by atoms with van der Waals surface area (Å²) >= 11 is 3.55. The third-order valence-electron chi connectivity index (χ3n) is 6.53. The van der Waals surface area contributed by atoms with Gasteiger partial charge in [0, 0.05) is 53.0 Å². The third kappa shape index (κ3) is 4.66. The van der Waals surface area contributed by atoms with Gasteiger partial charge in [0.2, 0.25) is 0 Å². The lowest BCUT2D eigenvalue weighted by Gasteiger charge is -2.10. The van der Waals surface area contributed by atoms with Gasteiger partial charge in [-0.1, -0.05) is 57.9 Å². The van der Waals surface area contributed by atoms with E-state index in [4.69, 9.17) is 0 Å². The van der Waals surface area contributed by atoms with E-state index in [9.17, 15) is 13.2 Å². The number of carbonyl (C=O) groups excluding carboxylic acids is 1. The van der Waals surface area contributed by atoms with Crippen molar-refractivity contribution in [3.05, 3.63) is 106 Å². The first-order valence-corrected chi connectivity index (χ1v) is 14.2. The SMILES string of the molecule is Cc1ccc(S(=O)(=O)n2cc(-c3ccc(C(=O)N(C)C)cc3)c3cc(-c4ccc(Br)c(C)c4)cnc32)cc1. The Hall–Kier alpha value is -3.75. The first-order valence-electron chi connectivity index (χ1n) is 12.0. The van der Waals surface area contributed by atoms with Gasteiger partial charge in [-0.25, -0.2) is 17.4 Å². The molecule has 0 unspecified atom stereocenters. The number of carbonyl (C=O) groups is 1. The standard InChI is InChI=1S/C30H26BrN3O3S/c1-19-5-12-25(13-6-19)38(36,37)34-18-27(21-7-9-22(10-8-21)30(35)33(3)4)26-16-24(17-32-29(26)34)23-11-14-28(31)20(2)15-23/h5-18H,1-4H3. The van der Waals surface area contributed by atoms with E-state index in [-0.39, 0.29) is 10.8 Å². The van der Waals surface area contributed by atoms with Crippen molar-refractivity contribution in [2.45, 2.75) is 18.7 Å². The molecular weight excluding hydrogens is 562 g/mol. The molecule has 0 saturated carbocycles. The number of benzene rings is 3. The minimum Gasteiger partial charge on any atom is -0.345 e. The third-order valence-corrected chi connectivity index (χ3v) is 9.08. The highest BCUT2D eigenvalue weighted by Crippen LogP contribution is 2.35. The normalized spacial score (nSPS) is 11.6. The molecule has 0 spiro atoms. The van der Waals surface area contributed by atoms with E-state index in [1.807, 2.05) is 44.2 Å². The molecule has 0 aliphatic carbocycles. The predicted octanol–water partition coefficient (Wildman–Crippen LogP) is 6.69. The van der Waals surface area contributed by atoms with Crippen molar-refractivity contribution in [3.8, 4) is 22.3 Å². The van der Waals surface area contributed by atoms with E-state index >= 15 is 0 Å². The molecule has 0 radical (unpaired) electrons. The largest absolute Gasteiger partial charge is 0.345 e. The minimum absolute atomic E-state index is 0.101. The smallest absolute Gasteiger partial charge is 0.269 e. The molecular formula is C30H26BrN3O3S. The fraction of sp³-hybridized carbons (Fsp3) is 0.133. The Bertz CT molecular complexity index is 1790. The van der Waals surface area contributed by atoms with Crippen LogP contribution in [0.3, 0.4) is 0 Å². The summed E-state index contributed by atoms with van der Waals surface area (Å²) in [5.41, 5.74) is 6.30. The Balaban J connectivity index is 1.72. The van der Waals surface area contributed by atoms with Crippen LogP contribution in [0, 0.1) is 13.8 Å². The van der Waals surface area contributed by atoms with E-state index in [1.54, 1.807) is 62.9 Å². The van der Waals surface area contributed by atoms with Crippen LogP contribution in [0.1, 0.15) is 21.5 Å². The van der Waals surface area contributed by atoms with E-state index in [0.717, 1.165) is 32.3 Å². The van der Waals surface area contributed by atoms with Gasteiger partial charge in [0.1, 0.15) is 0 Å². The van der Waals surface area contributed by atoms with Crippen molar-refractivity contribution in [2.75, 3.05) is 14.1 Å². The summed E-state index contributed by atoms with van der Waals surface area (Å²) in [5, 5.41) is 0.699. The van der Waals surface area contributed by atoms with Gasteiger partial charge in [-0.3, -0.25) is 4.79 Å². The molecule has 2 aromatic heterocycles. The fourth-order valence-electron chi connectivity index (χ4n) is 4.35. The van der Waals surface area contributed by atoms with Crippen molar-refractivity contribution >= 4 is 42.9 Å². The van der Waals surface area contributed by atoms with Crippen LogP contribution in [0.15, 0.2) is 94.6 Å². The van der Waals surface area contributed by atoms with E-state index < -0.39 is 10.0 Å². The average Bonchev–Trinajstić information content (AvgIpc) is 3.30. The number of pyridine rings is 1. The zero-order valence-corrected chi connectivity index (χ0v) is 23.8. The predicted molar refractivity (Wildman–Crippen MR) is 155 cm³/mol. The van der Waals surface area contributed by atoms with Crippen LogP contribution < -0.4 is 0 Å². The molecule has 5 rings (SSSR count). The molecule has 0 fully saturated rings. The van der Waals surface area contributed by atoms with Crippen molar-refractivity contribution in [2.24, 2.45) is 0 Å². The van der Waals surface area contributed by atoms with E-state index in [1.165, 1.54) is 8.87 Å². The van der Waals surface area contributed by atoms with E-state index in [0.29, 0.717) is 22.2 Å². The summed E-state index contributed by atoms with van der Waals surface area (Å²) in [7, 11) is -0.495. The Morgan fingerprint density at radius 2 is 1.53 bits per heavy atom. The number of halogens is 1. The Kier molecular flexibility index (Phi) is 6.71. The van der Waals surface area contributed by atoms with Gasteiger partial charge in [0.25, 0.3) is 15.9 Å². The van der Waals surface area contributed by atoms with Gasteiger partial charge in [-0.2, -0.15) is 0 Å². The molecule has 0 saturated heterocycles. The Morgan fingerprint density at radius 3 is 2.16 bits per heavy atom. The monoisotopic (exact) mass is 587 g/mol. The quantitative estimate of drug-likeness (QED) is 0.230. The number of aromatic nitrogens is 2. The second kappa shape index (κ2) is 9.85. The maximum absolute atomic E-state index is 13.7. The molecule has 5 aromatic rings. The fourth-order valence-corrected chi connectivity index (χ4v) is 5.92. The summed E-state index contributed by atoms with van der Waals surface area (Å²) < 4.78 is 29.7. The lowest BCUT2D eigenvalue weighted by Crippen LogP contribution is -2.21. The number of rotatable bonds is 5. The minimum atomic E-state index is -3.90.